The van der Waals surface area contributed by atoms with Gasteiger partial charge in [-0.25, -0.2) is 4.79 Å². The number of nitrogens with two attached hydrogens (primary N) is 1. The Morgan fingerprint density at radius 1 is 1.75 bits per heavy atom. The molecule has 0 radical (unpaired) electrons. The second-order valence-corrected chi connectivity index (χ2v) is 2.82. The molecule has 4 nitrogen and oxygen atoms in total. The summed E-state index contributed by atoms with van der Waals surface area (Å²) >= 11 is 4.80. The van der Waals surface area contributed by atoms with Crippen LogP contribution in [-0.2, 0) is 0 Å². The Balaban J connectivity index is 3.48. The molecular weight excluding hydrogens is 176 g/mol. The third-order valence-electron chi connectivity index (χ3n) is 1.44. The van der Waals surface area contributed by atoms with Gasteiger partial charge in [-0.3, -0.25) is 0 Å². The Morgan fingerprint density at radius 2 is 2.33 bits per heavy atom. The quantitative estimate of drug-likeness (QED) is 0.575. The molecule has 0 aliphatic rings. The van der Waals surface area contributed by atoms with Gasteiger partial charge >= 0.3 is 5.97 Å². The minimum absolute atomic E-state index is 0.0521. The third-order valence-corrected chi connectivity index (χ3v) is 1.76. The van der Waals surface area contributed by atoms with Crippen LogP contribution in [-0.4, -0.2) is 16.1 Å². The van der Waals surface area contributed by atoms with Gasteiger partial charge in [-0.15, -0.1) is 0 Å². The topological polar surface area (TPSA) is 79.1 Å². The van der Waals surface area contributed by atoms with Crippen molar-refractivity contribution in [1.29, 1.82) is 0 Å². The Hall–Kier alpha value is -1.36. The fourth-order valence-corrected chi connectivity index (χ4v) is 1.15. The molecule has 0 bridgehead atoms. The van der Waals surface area contributed by atoms with Crippen LogP contribution in [0, 0.1) is 11.6 Å². The maximum absolute atomic E-state index is 10.6. The van der Waals surface area contributed by atoms with Crippen LogP contribution in [0.15, 0.2) is 6.07 Å². The number of rotatable bonds is 1. The monoisotopic (exact) mass is 184 g/mol. The zero-order valence-corrected chi connectivity index (χ0v) is 7.23. The summed E-state index contributed by atoms with van der Waals surface area (Å²) in [6, 6.07) is 1.45. The van der Waals surface area contributed by atoms with E-state index in [4.69, 9.17) is 23.1 Å². The van der Waals surface area contributed by atoms with Crippen LogP contribution in [0.3, 0.4) is 0 Å². The minimum Gasteiger partial charge on any atom is -0.478 e. The molecule has 0 saturated carbocycles. The van der Waals surface area contributed by atoms with Gasteiger partial charge in [-0.1, -0.05) is 12.2 Å². The number of anilines is 1. The lowest BCUT2D eigenvalue weighted by atomic mass is 10.2. The van der Waals surface area contributed by atoms with Crippen molar-refractivity contribution >= 4 is 23.9 Å². The van der Waals surface area contributed by atoms with E-state index in [1.165, 1.54) is 6.07 Å². The Morgan fingerprint density at radius 3 is 2.83 bits per heavy atom. The second-order valence-electron chi connectivity index (χ2n) is 2.41. The molecule has 0 amide bonds. The number of aryl methyl sites for hydroxylation is 1. The lowest BCUT2D eigenvalue weighted by molar-refractivity contribution is 0.0698. The predicted molar refractivity (Wildman–Crippen MR) is 47.7 cm³/mol. The molecule has 0 saturated heterocycles. The maximum atomic E-state index is 10.6. The molecule has 1 heterocycles. The first kappa shape index (κ1) is 8.73. The van der Waals surface area contributed by atoms with Crippen molar-refractivity contribution in [3.05, 3.63) is 22.0 Å². The molecular formula is C7H8N2O2S. The molecule has 0 aromatic carbocycles. The van der Waals surface area contributed by atoms with Gasteiger partial charge in [0, 0.05) is 5.69 Å². The number of H-pyrrole nitrogens is 1. The Kier molecular flexibility index (Phi) is 2.14. The molecule has 5 heteroatoms. The molecule has 1 aromatic heterocycles. The van der Waals surface area contributed by atoms with E-state index < -0.39 is 5.97 Å². The van der Waals surface area contributed by atoms with Crippen LogP contribution >= 0.6 is 12.2 Å². The standard InChI is InChI=1S/C7H8N2O2S/c1-3-2-4(7(10)11)5(8)6(12)9-3/h2H,8H2,1H3,(H,9,12)(H,10,11). The summed E-state index contributed by atoms with van der Waals surface area (Å²) in [5.74, 6) is -1.06. The summed E-state index contributed by atoms with van der Waals surface area (Å²) in [4.78, 5) is 13.3. The van der Waals surface area contributed by atoms with Crippen molar-refractivity contribution in [1.82, 2.24) is 4.98 Å². The highest BCUT2D eigenvalue weighted by Gasteiger charge is 2.08. The van der Waals surface area contributed by atoms with Crippen LogP contribution in [0.4, 0.5) is 5.69 Å². The largest absolute Gasteiger partial charge is 0.478 e. The maximum Gasteiger partial charge on any atom is 0.337 e. The highest BCUT2D eigenvalue weighted by atomic mass is 32.1. The normalized spacial score (nSPS) is 9.75. The molecule has 0 aliphatic heterocycles. The molecule has 4 N–H and O–H groups in total. The van der Waals surface area contributed by atoms with Crippen molar-refractivity contribution in [3.8, 4) is 0 Å². The molecule has 1 rings (SSSR count). The fourth-order valence-electron chi connectivity index (χ4n) is 0.876. The molecule has 0 atom stereocenters. The van der Waals surface area contributed by atoms with Gasteiger partial charge in [0.2, 0.25) is 0 Å². The van der Waals surface area contributed by atoms with Gasteiger partial charge in [0.05, 0.1) is 11.3 Å². The van der Waals surface area contributed by atoms with Gasteiger partial charge in [0.15, 0.2) is 0 Å². The van der Waals surface area contributed by atoms with E-state index >= 15 is 0 Å². The smallest absolute Gasteiger partial charge is 0.337 e. The third kappa shape index (κ3) is 1.45. The number of aromatic nitrogens is 1. The van der Waals surface area contributed by atoms with Crippen molar-refractivity contribution in [3.63, 3.8) is 0 Å². The number of hydrogen-bond donors (Lipinski definition) is 3. The Bertz CT molecular complexity index is 383. The average Bonchev–Trinajstić information content (AvgIpc) is 1.96. The minimum atomic E-state index is -1.06. The molecule has 0 unspecified atom stereocenters. The summed E-state index contributed by atoms with van der Waals surface area (Å²) in [6.07, 6.45) is 0. The van der Waals surface area contributed by atoms with Crippen LogP contribution in [0.2, 0.25) is 0 Å². The van der Waals surface area contributed by atoms with Gasteiger partial charge in [0.1, 0.15) is 4.64 Å². The van der Waals surface area contributed by atoms with Gasteiger partial charge < -0.3 is 15.8 Å². The van der Waals surface area contributed by atoms with E-state index in [0.717, 1.165) is 0 Å². The molecule has 0 fully saturated rings. The first-order valence-electron chi connectivity index (χ1n) is 3.25. The number of hydrogen-bond acceptors (Lipinski definition) is 3. The Labute approximate surface area is 74.0 Å². The molecule has 0 aliphatic carbocycles. The van der Waals surface area contributed by atoms with E-state index in [-0.39, 0.29) is 15.9 Å². The van der Waals surface area contributed by atoms with Crippen LogP contribution in [0.1, 0.15) is 16.1 Å². The number of aromatic amines is 1. The predicted octanol–water partition coefficient (Wildman–Crippen LogP) is 1.33. The molecule has 64 valence electrons. The molecule has 1 aromatic rings. The number of pyridine rings is 1. The van der Waals surface area contributed by atoms with E-state index in [2.05, 4.69) is 4.98 Å². The second kappa shape index (κ2) is 2.94. The number of aromatic carboxylic acids is 1. The van der Waals surface area contributed by atoms with Crippen molar-refractivity contribution in [2.45, 2.75) is 6.92 Å². The number of carboxylic acid groups (broad SMARTS) is 1. The lowest BCUT2D eigenvalue weighted by Gasteiger charge is -2.01. The summed E-state index contributed by atoms with van der Waals surface area (Å²) in [5, 5.41) is 8.67. The summed E-state index contributed by atoms with van der Waals surface area (Å²) in [6.45, 7) is 1.72. The van der Waals surface area contributed by atoms with E-state index in [1.54, 1.807) is 6.92 Å². The molecule has 0 spiro atoms. The fraction of sp³-hybridized carbons (Fsp3) is 0.143. The average molecular weight is 184 g/mol. The van der Waals surface area contributed by atoms with Crippen molar-refractivity contribution in [2.24, 2.45) is 0 Å². The van der Waals surface area contributed by atoms with Crippen LogP contribution in [0.5, 0.6) is 0 Å². The number of nitrogen functional groups attached to an aromatic ring is 1. The first-order valence-corrected chi connectivity index (χ1v) is 3.66. The van der Waals surface area contributed by atoms with E-state index in [9.17, 15) is 4.79 Å². The number of carbonyl (C=O) groups is 1. The summed E-state index contributed by atoms with van der Waals surface area (Å²) in [7, 11) is 0. The highest BCUT2D eigenvalue weighted by molar-refractivity contribution is 7.71. The molecule has 12 heavy (non-hydrogen) atoms. The van der Waals surface area contributed by atoms with Crippen LogP contribution < -0.4 is 5.73 Å². The zero-order valence-electron chi connectivity index (χ0n) is 6.42. The summed E-state index contributed by atoms with van der Waals surface area (Å²) < 4.78 is 0.271. The SMILES string of the molecule is Cc1cc(C(=O)O)c(N)c(=S)[nH]1. The summed E-state index contributed by atoms with van der Waals surface area (Å²) in [5.41, 5.74) is 6.29. The lowest BCUT2D eigenvalue weighted by Crippen LogP contribution is -2.04. The van der Waals surface area contributed by atoms with Crippen LogP contribution in [0.25, 0.3) is 0 Å². The van der Waals surface area contributed by atoms with Gasteiger partial charge in [-0.2, -0.15) is 0 Å². The first-order chi connectivity index (χ1) is 5.52. The highest BCUT2D eigenvalue weighted by Crippen LogP contribution is 2.12. The van der Waals surface area contributed by atoms with Gasteiger partial charge in [-0.05, 0) is 13.0 Å². The number of nitrogens with one attached hydrogen (secondary N) is 1. The van der Waals surface area contributed by atoms with E-state index in [1.807, 2.05) is 0 Å². The zero-order chi connectivity index (χ0) is 9.30. The number of carboxylic acids is 1. The van der Waals surface area contributed by atoms with E-state index in [0.29, 0.717) is 5.69 Å². The van der Waals surface area contributed by atoms with Gasteiger partial charge in [0.25, 0.3) is 0 Å². The van der Waals surface area contributed by atoms with Crippen molar-refractivity contribution < 1.29 is 9.90 Å². The van der Waals surface area contributed by atoms with Crippen molar-refractivity contribution in [2.75, 3.05) is 5.73 Å².